The van der Waals surface area contributed by atoms with Crippen LogP contribution in [0.25, 0.3) is 82.5 Å². The van der Waals surface area contributed by atoms with Crippen LogP contribution in [0.4, 0.5) is 5.69 Å². The third-order valence-electron chi connectivity index (χ3n) is 10.8. The van der Waals surface area contributed by atoms with Gasteiger partial charge in [-0.25, -0.2) is 14.8 Å². The Morgan fingerprint density at radius 3 is 1.48 bits per heavy atom. The SMILES string of the molecule is [C-]#[N+]c1cc2c(-c3ccccc3-c3ccc(P(=O)(c4ccccc4)c4ccccc4)cc3)nc3ccccc3c2c2nc(-c3ccccc3)c(-c3ccccc3)nc12. The lowest BCUT2D eigenvalue weighted by molar-refractivity contribution is 0.592. The average Bonchev–Trinajstić information content (AvgIpc) is 3.31. The fourth-order valence-corrected chi connectivity index (χ4v) is 10.7. The number of fused-ring (bicyclic) bond motifs is 5. The summed E-state index contributed by atoms with van der Waals surface area (Å²) in [5.74, 6) is 0. The third kappa shape index (κ3) is 5.87. The van der Waals surface area contributed by atoms with Gasteiger partial charge in [0, 0.05) is 48.8 Å². The molecule has 0 unspecified atom stereocenters. The van der Waals surface area contributed by atoms with Gasteiger partial charge < -0.3 is 4.57 Å². The Bertz CT molecular complexity index is 3200. The molecule has 0 aliphatic carbocycles. The molecule has 5 nitrogen and oxygen atoms in total. The van der Waals surface area contributed by atoms with Gasteiger partial charge in [-0.1, -0.05) is 188 Å². The molecule has 8 aromatic carbocycles. The lowest BCUT2D eigenvalue weighted by Crippen LogP contribution is -2.24. The molecule has 0 bridgehead atoms. The molecule has 272 valence electrons. The van der Waals surface area contributed by atoms with Crippen LogP contribution in [0.5, 0.6) is 0 Å². The lowest BCUT2D eigenvalue weighted by Gasteiger charge is -2.20. The number of aromatic nitrogens is 3. The van der Waals surface area contributed by atoms with E-state index in [1.54, 1.807) is 0 Å². The highest BCUT2D eigenvalue weighted by molar-refractivity contribution is 7.85. The van der Waals surface area contributed by atoms with Crippen molar-refractivity contribution in [2.24, 2.45) is 0 Å². The zero-order valence-electron chi connectivity index (χ0n) is 31.2. The van der Waals surface area contributed by atoms with Crippen LogP contribution < -0.4 is 15.9 Å². The molecule has 0 fully saturated rings. The Balaban J connectivity index is 1.21. The molecule has 0 N–H and O–H groups in total. The van der Waals surface area contributed by atoms with Crippen LogP contribution >= 0.6 is 7.14 Å². The van der Waals surface area contributed by atoms with Crippen molar-refractivity contribution >= 4 is 61.5 Å². The molecule has 0 radical (unpaired) electrons. The minimum atomic E-state index is -3.15. The minimum absolute atomic E-state index is 0.407. The first-order valence-corrected chi connectivity index (χ1v) is 20.8. The normalized spacial score (nSPS) is 11.5. The second kappa shape index (κ2) is 14.5. The molecule has 2 heterocycles. The maximum atomic E-state index is 15.2. The van der Waals surface area contributed by atoms with Crippen molar-refractivity contribution in [2.45, 2.75) is 0 Å². The van der Waals surface area contributed by atoms with Gasteiger partial charge in [-0.2, -0.15) is 0 Å². The van der Waals surface area contributed by atoms with Crippen molar-refractivity contribution in [1.29, 1.82) is 0 Å². The Kier molecular flexibility index (Phi) is 8.75. The third-order valence-corrected chi connectivity index (χ3v) is 13.8. The second-order valence-electron chi connectivity index (χ2n) is 14.1. The van der Waals surface area contributed by atoms with Crippen molar-refractivity contribution in [3.05, 3.63) is 212 Å². The number of hydrogen-bond donors (Lipinski definition) is 0. The van der Waals surface area contributed by atoms with Gasteiger partial charge in [0.1, 0.15) is 0 Å². The van der Waals surface area contributed by atoms with Gasteiger partial charge in [0.25, 0.3) is 0 Å². The number of hydrogen-bond acceptors (Lipinski definition) is 4. The molecule has 58 heavy (non-hydrogen) atoms. The van der Waals surface area contributed by atoms with E-state index in [2.05, 4.69) is 35.2 Å². The Morgan fingerprint density at radius 2 is 0.897 bits per heavy atom. The summed E-state index contributed by atoms with van der Waals surface area (Å²) in [6.07, 6.45) is 0. The van der Waals surface area contributed by atoms with Crippen LogP contribution in [-0.2, 0) is 4.57 Å². The Labute approximate surface area is 336 Å². The summed E-state index contributed by atoms with van der Waals surface area (Å²) in [5.41, 5.74) is 9.33. The number of para-hydroxylation sites is 1. The predicted molar refractivity (Wildman–Crippen MR) is 240 cm³/mol. The molecule has 6 heteroatoms. The summed E-state index contributed by atoms with van der Waals surface area (Å²) in [6.45, 7) is 8.42. The first-order chi connectivity index (χ1) is 28.6. The van der Waals surface area contributed by atoms with Crippen molar-refractivity contribution in [1.82, 2.24) is 15.0 Å². The van der Waals surface area contributed by atoms with E-state index >= 15 is 4.57 Å². The Hall–Kier alpha value is -7.51. The highest BCUT2D eigenvalue weighted by atomic mass is 31.2. The molecule has 10 rings (SSSR count). The van der Waals surface area contributed by atoms with Crippen LogP contribution in [0.3, 0.4) is 0 Å². The molecule has 0 aliphatic rings. The summed E-state index contributed by atoms with van der Waals surface area (Å²) in [6, 6.07) is 66.0. The minimum Gasteiger partial charge on any atom is -0.309 e. The van der Waals surface area contributed by atoms with Crippen molar-refractivity contribution in [2.75, 3.05) is 0 Å². The fourth-order valence-electron chi connectivity index (χ4n) is 8.02. The van der Waals surface area contributed by atoms with E-state index in [1.165, 1.54) is 0 Å². The van der Waals surface area contributed by atoms with E-state index < -0.39 is 7.14 Å². The number of nitrogens with zero attached hydrogens (tertiary/aromatic N) is 4. The molecular formula is C52H33N4OP. The standard InChI is InChI=1S/C52H33N4OP/c1-53-46-34-44-47(52-51(46)55-48(36-18-6-2-7-19-36)49(56-52)37-20-8-3-9-21-37)43-28-16-17-29-45(43)54-50(44)42-27-15-14-26-41(42)35-30-32-40(33-31-35)58(57,38-22-10-4-11-23-38)39-24-12-5-13-25-39/h2-34H. The molecular weight excluding hydrogens is 728 g/mol. The molecule has 2 aromatic heterocycles. The van der Waals surface area contributed by atoms with E-state index in [0.717, 1.165) is 82.5 Å². The zero-order chi connectivity index (χ0) is 39.1. The summed E-state index contributed by atoms with van der Waals surface area (Å²) in [5, 5.41) is 4.99. The van der Waals surface area contributed by atoms with Gasteiger partial charge in [0.2, 0.25) is 5.69 Å². The van der Waals surface area contributed by atoms with Gasteiger partial charge in [-0.3, -0.25) is 4.98 Å². The van der Waals surface area contributed by atoms with E-state index in [0.29, 0.717) is 16.7 Å². The van der Waals surface area contributed by atoms with E-state index in [-0.39, 0.29) is 0 Å². The molecule has 0 aliphatic heterocycles. The molecule has 0 saturated carbocycles. The Morgan fingerprint density at radius 1 is 0.414 bits per heavy atom. The van der Waals surface area contributed by atoms with Crippen LogP contribution in [0.15, 0.2) is 200 Å². The van der Waals surface area contributed by atoms with Crippen LogP contribution in [-0.4, -0.2) is 15.0 Å². The molecule has 0 atom stereocenters. The molecule has 0 spiro atoms. The summed E-state index contributed by atoms with van der Waals surface area (Å²) >= 11 is 0. The average molecular weight is 761 g/mol. The molecule has 10 aromatic rings. The van der Waals surface area contributed by atoms with Gasteiger partial charge in [-0.05, 0) is 23.3 Å². The maximum absolute atomic E-state index is 15.2. The van der Waals surface area contributed by atoms with Crippen molar-refractivity contribution in [3.63, 3.8) is 0 Å². The zero-order valence-corrected chi connectivity index (χ0v) is 32.1. The first kappa shape index (κ1) is 34.9. The van der Waals surface area contributed by atoms with Crippen molar-refractivity contribution in [3.8, 4) is 44.9 Å². The maximum Gasteiger partial charge on any atom is 0.215 e. The summed E-state index contributed by atoms with van der Waals surface area (Å²) in [4.78, 5) is 20.1. The fraction of sp³-hybridized carbons (Fsp3) is 0. The van der Waals surface area contributed by atoms with Gasteiger partial charge >= 0.3 is 0 Å². The predicted octanol–water partition coefficient (Wildman–Crippen LogP) is 12.2. The number of pyridine rings is 1. The van der Waals surface area contributed by atoms with Gasteiger partial charge in [-0.15, -0.1) is 0 Å². The van der Waals surface area contributed by atoms with E-state index in [4.69, 9.17) is 21.5 Å². The van der Waals surface area contributed by atoms with Gasteiger partial charge in [0.05, 0.1) is 40.2 Å². The van der Waals surface area contributed by atoms with Gasteiger partial charge in [0.15, 0.2) is 7.14 Å². The highest BCUT2D eigenvalue weighted by Gasteiger charge is 2.30. The quantitative estimate of drug-likeness (QED) is 0.0922. The van der Waals surface area contributed by atoms with Crippen molar-refractivity contribution < 1.29 is 4.57 Å². The molecule has 0 saturated heterocycles. The lowest BCUT2D eigenvalue weighted by atomic mass is 9.92. The highest BCUT2D eigenvalue weighted by Crippen LogP contribution is 2.46. The smallest absolute Gasteiger partial charge is 0.215 e. The van der Waals surface area contributed by atoms with E-state index in [1.807, 2.05) is 170 Å². The number of rotatable bonds is 7. The number of benzene rings is 8. The summed E-state index contributed by atoms with van der Waals surface area (Å²) < 4.78 is 15.2. The monoisotopic (exact) mass is 760 g/mol. The molecule has 0 amide bonds. The van der Waals surface area contributed by atoms with Crippen LogP contribution in [0.1, 0.15) is 0 Å². The van der Waals surface area contributed by atoms with Crippen LogP contribution in [0, 0.1) is 6.57 Å². The summed E-state index contributed by atoms with van der Waals surface area (Å²) in [7, 11) is -3.15. The second-order valence-corrected chi connectivity index (χ2v) is 16.9. The van der Waals surface area contributed by atoms with E-state index in [9.17, 15) is 0 Å². The first-order valence-electron chi connectivity index (χ1n) is 19.1. The van der Waals surface area contributed by atoms with Crippen LogP contribution in [0.2, 0.25) is 0 Å². The topological polar surface area (TPSA) is 60.1 Å². The largest absolute Gasteiger partial charge is 0.309 e.